The Hall–Kier alpha value is -0.580. The first-order chi connectivity index (χ1) is 8.31. The highest BCUT2D eigenvalue weighted by Crippen LogP contribution is 2.29. The molecule has 4 nitrogen and oxygen atoms in total. The molecule has 1 aliphatic rings. The fourth-order valence-electron chi connectivity index (χ4n) is 2.89. The van der Waals surface area contributed by atoms with E-state index in [9.17, 15) is 0 Å². The fourth-order valence-corrected chi connectivity index (χ4v) is 2.89. The van der Waals surface area contributed by atoms with E-state index in [4.69, 9.17) is 5.73 Å². The van der Waals surface area contributed by atoms with Crippen LogP contribution in [0.5, 0.6) is 0 Å². The van der Waals surface area contributed by atoms with Crippen molar-refractivity contribution in [3.8, 4) is 0 Å². The third kappa shape index (κ3) is 3.30. The average Bonchev–Trinajstić information content (AvgIpc) is 2.50. The lowest BCUT2D eigenvalue weighted by atomic mass is 9.79. The zero-order valence-corrected chi connectivity index (χ0v) is 13.5. The Morgan fingerprint density at radius 1 is 1.37 bits per heavy atom. The molecule has 1 saturated heterocycles. The lowest BCUT2D eigenvalue weighted by Gasteiger charge is -2.42. The molecule has 1 unspecified atom stereocenters. The van der Waals surface area contributed by atoms with Crippen LogP contribution in [0.4, 0.5) is 0 Å². The molecule has 19 heavy (non-hydrogen) atoms. The predicted molar refractivity (Wildman–Crippen MR) is 81.6 cm³/mol. The lowest BCUT2D eigenvalue weighted by molar-refractivity contribution is 0.0896. The minimum atomic E-state index is 0. The van der Waals surface area contributed by atoms with Crippen molar-refractivity contribution in [2.75, 3.05) is 13.1 Å². The van der Waals surface area contributed by atoms with Gasteiger partial charge in [-0.3, -0.25) is 9.58 Å². The van der Waals surface area contributed by atoms with Crippen LogP contribution in [0.15, 0.2) is 0 Å². The number of hydrogen-bond acceptors (Lipinski definition) is 3. The second-order valence-corrected chi connectivity index (χ2v) is 6.37. The van der Waals surface area contributed by atoms with Crippen molar-refractivity contribution in [2.24, 2.45) is 18.2 Å². The zero-order valence-electron chi connectivity index (χ0n) is 12.7. The van der Waals surface area contributed by atoms with Crippen molar-refractivity contribution in [2.45, 2.75) is 46.7 Å². The Morgan fingerprint density at radius 2 is 2.00 bits per heavy atom. The van der Waals surface area contributed by atoms with Crippen LogP contribution >= 0.6 is 12.4 Å². The summed E-state index contributed by atoms with van der Waals surface area (Å²) in [7, 11) is 2.02. The largest absolute Gasteiger partial charge is 0.327 e. The molecule has 0 amide bonds. The standard InChI is InChI=1S/C14H26N4.ClH/c1-10-12(11(2)17(5)16-10)8-18-7-6-13(15)14(3,4)9-18;/h13H,6-9,15H2,1-5H3;1H. The summed E-state index contributed by atoms with van der Waals surface area (Å²) in [4.78, 5) is 2.51. The number of piperidine rings is 1. The summed E-state index contributed by atoms with van der Waals surface area (Å²) in [5.41, 5.74) is 10.2. The third-order valence-corrected chi connectivity index (χ3v) is 4.43. The number of halogens is 1. The van der Waals surface area contributed by atoms with E-state index in [1.807, 2.05) is 11.7 Å². The second kappa shape index (κ2) is 5.81. The smallest absolute Gasteiger partial charge is 0.0641 e. The Kier molecular flexibility index (Phi) is 5.04. The SMILES string of the molecule is Cc1nn(C)c(C)c1CN1CCC(N)C(C)(C)C1.Cl. The minimum Gasteiger partial charge on any atom is -0.327 e. The molecule has 1 atom stereocenters. The Labute approximate surface area is 122 Å². The fraction of sp³-hybridized carbons (Fsp3) is 0.786. The van der Waals surface area contributed by atoms with Gasteiger partial charge in [0, 0.05) is 44.0 Å². The average molecular weight is 287 g/mol. The summed E-state index contributed by atoms with van der Waals surface area (Å²) in [6.45, 7) is 12.0. The Morgan fingerprint density at radius 3 is 2.47 bits per heavy atom. The maximum atomic E-state index is 6.19. The lowest BCUT2D eigenvalue weighted by Crippen LogP contribution is -2.52. The van der Waals surface area contributed by atoms with Crippen LogP contribution in [0.1, 0.15) is 37.2 Å². The van der Waals surface area contributed by atoms with Crippen molar-refractivity contribution in [1.82, 2.24) is 14.7 Å². The van der Waals surface area contributed by atoms with Crippen molar-refractivity contribution < 1.29 is 0 Å². The van der Waals surface area contributed by atoms with Crippen LogP contribution in [0.25, 0.3) is 0 Å². The molecule has 2 rings (SSSR count). The quantitative estimate of drug-likeness (QED) is 0.905. The van der Waals surface area contributed by atoms with Crippen LogP contribution in [-0.4, -0.2) is 33.8 Å². The number of nitrogens with zero attached hydrogens (tertiary/aromatic N) is 3. The van der Waals surface area contributed by atoms with Crippen LogP contribution in [0, 0.1) is 19.3 Å². The number of hydrogen-bond donors (Lipinski definition) is 1. The number of aryl methyl sites for hydroxylation is 2. The number of rotatable bonds is 2. The zero-order chi connectivity index (χ0) is 13.5. The summed E-state index contributed by atoms with van der Waals surface area (Å²) < 4.78 is 1.98. The summed E-state index contributed by atoms with van der Waals surface area (Å²) in [6.07, 6.45) is 1.09. The molecule has 1 aromatic rings. The highest BCUT2D eigenvalue weighted by molar-refractivity contribution is 5.85. The van der Waals surface area contributed by atoms with Crippen LogP contribution in [-0.2, 0) is 13.6 Å². The van der Waals surface area contributed by atoms with Crippen LogP contribution in [0.3, 0.4) is 0 Å². The molecule has 5 heteroatoms. The number of likely N-dealkylation sites (tertiary alicyclic amines) is 1. The van der Waals surface area contributed by atoms with E-state index in [1.54, 1.807) is 0 Å². The molecule has 0 bridgehead atoms. The van der Waals surface area contributed by atoms with Crippen LogP contribution in [0.2, 0.25) is 0 Å². The van der Waals surface area contributed by atoms with Crippen molar-refractivity contribution in [3.05, 3.63) is 17.0 Å². The number of nitrogens with two attached hydrogens (primary N) is 1. The molecule has 2 N–H and O–H groups in total. The van der Waals surface area contributed by atoms with Crippen molar-refractivity contribution in [3.63, 3.8) is 0 Å². The summed E-state index contributed by atoms with van der Waals surface area (Å²) in [6, 6.07) is 0.324. The van der Waals surface area contributed by atoms with E-state index in [2.05, 4.69) is 37.7 Å². The third-order valence-electron chi connectivity index (χ3n) is 4.43. The first-order valence-corrected chi connectivity index (χ1v) is 6.78. The molecule has 0 saturated carbocycles. The van der Waals surface area contributed by atoms with Crippen LogP contribution < -0.4 is 5.73 Å². The first-order valence-electron chi connectivity index (χ1n) is 6.78. The summed E-state index contributed by atoms with van der Waals surface area (Å²) in [5, 5.41) is 4.49. The van der Waals surface area contributed by atoms with Gasteiger partial charge < -0.3 is 5.73 Å². The van der Waals surface area contributed by atoms with Gasteiger partial charge in [0.05, 0.1) is 5.69 Å². The molecule has 0 radical (unpaired) electrons. The minimum absolute atomic E-state index is 0. The van der Waals surface area contributed by atoms with Gasteiger partial charge in [-0.2, -0.15) is 5.10 Å². The van der Waals surface area contributed by atoms with E-state index < -0.39 is 0 Å². The maximum absolute atomic E-state index is 6.19. The maximum Gasteiger partial charge on any atom is 0.0641 e. The van der Waals surface area contributed by atoms with Crippen molar-refractivity contribution >= 4 is 12.4 Å². The second-order valence-electron chi connectivity index (χ2n) is 6.37. The van der Waals surface area contributed by atoms with E-state index in [-0.39, 0.29) is 17.8 Å². The predicted octanol–water partition coefficient (Wildman–Crippen LogP) is 2.02. The molecule has 2 heterocycles. The summed E-state index contributed by atoms with van der Waals surface area (Å²) in [5.74, 6) is 0. The van der Waals surface area contributed by atoms with Gasteiger partial charge in [0.15, 0.2) is 0 Å². The first kappa shape index (κ1) is 16.5. The topological polar surface area (TPSA) is 47.1 Å². The van der Waals surface area contributed by atoms with Gasteiger partial charge in [0.25, 0.3) is 0 Å². The molecule has 0 spiro atoms. The van der Waals surface area contributed by atoms with Gasteiger partial charge in [0.2, 0.25) is 0 Å². The van der Waals surface area contributed by atoms with Gasteiger partial charge in [-0.25, -0.2) is 0 Å². The Bertz CT molecular complexity index is 439. The van der Waals surface area contributed by atoms with E-state index >= 15 is 0 Å². The molecule has 1 aromatic heterocycles. The molecule has 0 aliphatic carbocycles. The highest BCUT2D eigenvalue weighted by atomic mass is 35.5. The van der Waals surface area contributed by atoms with Crippen molar-refractivity contribution in [1.29, 1.82) is 0 Å². The normalized spacial score (nSPS) is 23.2. The van der Waals surface area contributed by atoms with Gasteiger partial charge in [0.1, 0.15) is 0 Å². The molecule has 0 aromatic carbocycles. The molecule has 110 valence electrons. The molecular formula is C14H27ClN4. The van der Waals surface area contributed by atoms with Gasteiger partial charge >= 0.3 is 0 Å². The number of aromatic nitrogens is 2. The summed E-state index contributed by atoms with van der Waals surface area (Å²) >= 11 is 0. The molecule has 1 aliphatic heterocycles. The molecule has 1 fully saturated rings. The van der Waals surface area contributed by atoms with Gasteiger partial charge in [-0.1, -0.05) is 13.8 Å². The molecular weight excluding hydrogens is 260 g/mol. The van der Waals surface area contributed by atoms with Gasteiger partial charge in [-0.15, -0.1) is 12.4 Å². The van der Waals surface area contributed by atoms with E-state index in [0.717, 1.165) is 31.7 Å². The van der Waals surface area contributed by atoms with Gasteiger partial charge in [-0.05, 0) is 25.7 Å². The van der Waals surface area contributed by atoms with E-state index in [1.165, 1.54) is 11.3 Å². The van der Waals surface area contributed by atoms with E-state index in [0.29, 0.717) is 6.04 Å². The Balaban J connectivity index is 0.00000180. The highest BCUT2D eigenvalue weighted by Gasteiger charge is 2.33. The monoisotopic (exact) mass is 286 g/mol.